The van der Waals surface area contributed by atoms with Gasteiger partial charge < -0.3 is 9.72 Å². The van der Waals surface area contributed by atoms with Crippen molar-refractivity contribution in [3.8, 4) is 5.75 Å². The van der Waals surface area contributed by atoms with Crippen LogP contribution < -0.4 is 14.3 Å². The fourth-order valence-corrected chi connectivity index (χ4v) is 4.35. The molecule has 9 heteroatoms. The zero-order chi connectivity index (χ0) is 15.6. The molecule has 0 aliphatic carbocycles. The molecule has 0 bridgehead atoms. The van der Waals surface area contributed by atoms with Gasteiger partial charge >= 0.3 is 4.87 Å². The Morgan fingerprint density at radius 2 is 2.14 bits per heavy atom. The molecule has 0 saturated heterocycles. The lowest BCUT2D eigenvalue weighted by molar-refractivity contribution is 0.409. The van der Waals surface area contributed by atoms with Gasteiger partial charge in [-0.25, -0.2) is 13.1 Å². The van der Waals surface area contributed by atoms with E-state index in [2.05, 4.69) is 9.71 Å². The molecular formula is C12H13ClN2O4S2. The van der Waals surface area contributed by atoms with Gasteiger partial charge in [0.15, 0.2) is 4.21 Å². The van der Waals surface area contributed by atoms with Crippen LogP contribution in [0.1, 0.15) is 11.3 Å². The standard InChI is InChI=1S/C12H13ClN2O4S2/c1-7-11(20-12(16)15-7)21(17,18)14-6-8-9(13)4-3-5-10(8)19-2/h3-5,14H,6H2,1-2H3,(H,15,16). The molecule has 0 radical (unpaired) electrons. The topological polar surface area (TPSA) is 88.3 Å². The molecule has 2 aromatic rings. The molecule has 0 aliphatic rings. The molecule has 0 atom stereocenters. The Hall–Kier alpha value is -1.35. The lowest BCUT2D eigenvalue weighted by Gasteiger charge is -2.11. The van der Waals surface area contributed by atoms with Gasteiger partial charge in [-0.1, -0.05) is 29.0 Å². The highest BCUT2D eigenvalue weighted by Crippen LogP contribution is 2.26. The molecule has 21 heavy (non-hydrogen) atoms. The molecule has 0 amide bonds. The molecule has 0 unspecified atom stereocenters. The Balaban J connectivity index is 2.28. The number of hydrogen-bond donors (Lipinski definition) is 2. The zero-order valence-corrected chi connectivity index (χ0v) is 13.7. The molecule has 1 aromatic heterocycles. The number of methoxy groups -OCH3 is 1. The predicted octanol–water partition coefficient (Wildman–Crippen LogP) is 1.89. The number of aryl methyl sites for hydroxylation is 1. The van der Waals surface area contributed by atoms with Crippen LogP contribution in [0.5, 0.6) is 5.75 Å². The molecule has 2 N–H and O–H groups in total. The summed E-state index contributed by atoms with van der Waals surface area (Å²) in [6.07, 6.45) is 0. The van der Waals surface area contributed by atoms with Gasteiger partial charge in [-0.3, -0.25) is 4.79 Å². The Kier molecular flexibility index (Phi) is 4.72. The van der Waals surface area contributed by atoms with E-state index in [0.29, 0.717) is 33.4 Å². The number of H-pyrrole nitrogens is 1. The van der Waals surface area contributed by atoms with Gasteiger partial charge in [-0.05, 0) is 19.1 Å². The third kappa shape index (κ3) is 3.46. The van der Waals surface area contributed by atoms with Gasteiger partial charge in [0, 0.05) is 22.8 Å². The van der Waals surface area contributed by atoms with Crippen molar-refractivity contribution in [2.45, 2.75) is 17.7 Å². The summed E-state index contributed by atoms with van der Waals surface area (Å²) in [5.74, 6) is 0.490. The summed E-state index contributed by atoms with van der Waals surface area (Å²) in [5, 5.41) is 0.399. The molecule has 0 saturated carbocycles. The van der Waals surface area contributed by atoms with Gasteiger partial charge in [0.2, 0.25) is 0 Å². The van der Waals surface area contributed by atoms with Crippen LogP contribution in [-0.2, 0) is 16.6 Å². The van der Waals surface area contributed by atoms with E-state index >= 15 is 0 Å². The van der Waals surface area contributed by atoms with Crippen LogP contribution in [0.4, 0.5) is 0 Å². The van der Waals surface area contributed by atoms with E-state index in [4.69, 9.17) is 16.3 Å². The predicted molar refractivity (Wildman–Crippen MR) is 81.7 cm³/mol. The molecule has 1 heterocycles. The number of rotatable bonds is 5. The van der Waals surface area contributed by atoms with Crippen LogP contribution in [0.15, 0.2) is 27.2 Å². The van der Waals surface area contributed by atoms with Gasteiger partial charge in [0.25, 0.3) is 10.0 Å². The van der Waals surface area contributed by atoms with E-state index in [1.54, 1.807) is 18.2 Å². The summed E-state index contributed by atoms with van der Waals surface area (Å²) in [5.41, 5.74) is 0.842. The molecule has 114 valence electrons. The fourth-order valence-electron chi connectivity index (χ4n) is 1.78. The van der Waals surface area contributed by atoms with Gasteiger partial charge in [0.1, 0.15) is 5.75 Å². The molecule has 0 aliphatic heterocycles. The van der Waals surface area contributed by atoms with Crippen molar-refractivity contribution in [2.75, 3.05) is 7.11 Å². The number of nitrogens with one attached hydrogen (secondary N) is 2. The first-order valence-electron chi connectivity index (χ1n) is 5.86. The maximum atomic E-state index is 12.2. The highest BCUT2D eigenvalue weighted by Gasteiger charge is 2.21. The minimum Gasteiger partial charge on any atom is -0.496 e. The first-order chi connectivity index (χ1) is 9.85. The van der Waals surface area contributed by atoms with Crippen LogP contribution in [0.25, 0.3) is 0 Å². The first-order valence-corrected chi connectivity index (χ1v) is 8.53. The van der Waals surface area contributed by atoms with Crippen LogP contribution in [0, 0.1) is 6.92 Å². The lowest BCUT2D eigenvalue weighted by Crippen LogP contribution is -2.23. The van der Waals surface area contributed by atoms with E-state index in [9.17, 15) is 13.2 Å². The number of sulfonamides is 1. The summed E-state index contributed by atoms with van der Waals surface area (Å²) in [7, 11) is -2.31. The van der Waals surface area contributed by atoms with Crippen molar-refractivity contribution in [1.82, 2.24) is 9.71 Å². The van der Waals surface area contributed by atoms with E-state index in [0.717, 1.165) is 0 Å². The number of benzene rings is 1. The molecule has 6 nitrogen and oxygen atoms in total. The zero-order valence-electron chi connectivity index (χ0n) is 11.3. The van der Waals surface area contributed by atoms with Crippen LogP contribution in [0.3, 0.4) is 0 Å². The second kappa shape index (κ2) is 6.18. The van der Waals surface area contributed by atoms with Crippen LogP contribution in [0.2, 0.25) is 5.02 Å². The number of aromatic nitrogens is 1. The minimum absolute atomic E-state index is 0.0291. The highest BCUT2D eigenvalue weighted by molar-refractivity contribution is 7.91. The maximum absolute atomic E-state index is 12.2. The highest BCUT2D eigenvalue weighted by atomic mass is 35.5. The minimum atomic E-state index is -3.79. The van der Waals surface area contributed by atoms with E-state index in [1.807, 2.05) is 0 Å². The molecule has 1 aromatic carbocycles. The largest absolute Gasteiger partial charge is 0.496 e. The van der Waals surface area contributed by atoms with Crippen molar-refractivity contribution < 1.29 is 13.2 Å². The maximum Gasteiger partial charge on any atom is 0.305 e. The summed E-state index contributed by atoms with van der Waals surface area (Å²) in [4.78, 5) is 13.2. The summed E-state index contributed by atoms with van der Waals surface area (Å²) in [6.45, 7) is 1.50. The van der Waals surface area contributed by atoms with Crippen molar-refractivity contribution >= 4 is 33.0 Å². The number of ether oxygens (including phenoxy) is 1. The van der Waals surface area contributed by atoms with Crippen molar-refractivity contribution in [3.63, 3.8) is 0 Å². The van der Waals surface area contributed by atoms with Crippen molar-refractivity contribution in [3.05, 3.63) is 44.1 Å². The molecule has 0 spiro atoms. The van der Waals surface area contributed by atoms with E-state index in [1.165, 1.54) is 14.0 Å². The number of halogens is 1. The Morgan fingerprint density at radius 3 is 2.71 bits per heavy atom. The van der Waals surface area contributed by atoms with Crippen LogP contribution in [-0.4, -0.2) is 20.5 Å². The smallest absolute Gasteiger partial charge is 0.305 e. The van der Waals surface area contributed by atoms with Crippen molar-refractivity contribution in [2.24, 2.45) is 0 Å². The van der Waals surface area contributed by atoms with Crippen LogP contribution >= 0.6 is 22.9 Å². The van der Waals surface area contributed by atoms with Crippen molar-refractivity contribution in [1.29, 1.82) is 0 Å². The molecule has 0 fully saturated rings. The van der Waals surface area contributed by atoms with E-state index < -0.39 is 14.9 Å². The number of thiazole rings is 1. The first kappa shape index (κ1) is 16.0. The Morgan fingerprint density at radius 1 is 1.43 bits per heavy atom. The quantitative estimate of drug-likeness (QED) is 0.863. The summed E-state index contributed by atoms with van der Waals surface area (Å²) < 4.78 is 32.0. The molecular weight excluding hydrogens is 336 g/mol. The second-order valence-corrected chi connectivity index (χ2v) is 7.52. The Labute approximate surface area is 130 Å². The normalized spacial score (nSPS) is 11.6. The van der Waals surface area contributed by atoms with E-state index in [-0.39, 0.29) is 10.8 Å². The summed E-state index contributed by atoms with van der Waals surface area (Å²) in [6, 6.07) is 5.05. The van der Waals surface area contributed by atoms with Gasteiger partial charge in [-0.15, -0.1) is 0 Å². The number of hydrogen-bond acceptors (Lipinski definition) is 5. The monoisotopic (exact) mass is 348 g/mol. The van der Waals surface area contributed by atoms with Gasteiger partial charge in [0.05, 0.1) is 7.11 Å². The average Bonchev–Trinajstić information content (AvgIpc) is 2.77. The third-order valence-corrected chi connectivity index (χ3v) is 6.12. The van der Waals surface area contributed by atoms with Gasteiger partial charge in [-0.2, -0.15) is 0 Å². The Bertz CT molecular complexity index is 811. The number of aromatic amines is 1. The average molecular weight is 349 g/mol. The fraction of sp³-hybridized carbons (Fsp3) is 0.250. The second-order valence-electron chi connectivity index (χ2n) is 4.17. The third-order valence-electron chi connectivity index (χ3n) is 2.76. The molecule has 2 rings (SSSR count). The lowest BCUT2D eigenvalue weighted by atomic mass is 10.2. The summed E-state index contributed by atoms with van der Waals surface area (Å²) >= 11 is 6.69. The SMILES string of the molecule is COc1cccc(Cl)c1CNS(=O)(=O)c1sc(=O)[nH]c1C.